The van der Waals surface area contributed by atoms with Gasteiger partial charge in [0.25, 0.3) is 0 Å². The quantitative estimate of drug-likeness (QED) is 0.301. The van der Waals surface area contributed by atoms with Crippen LogP contribution in [0.5, 0.6) is 0 Å². The molecule has 0 bridgehead atoms. The van der Waals surface area contributed by atoms with Crippen molar-refractivity contribution in [2.75, 3.05) is 0 Å². The van der Waals surface area contributed by atoms with Crippen LogP contribution in [-0.4, -0.2) is 6.29 Å². The minimum Gasteiger partial charge on any atom is -0.419 e. The summed E-state index contributed by atoms with van der Waals surface area (Å²) in [7, 11) is 0. The predicted octanol–water partition coefficient (Wildman–Crippen LogP) is 1.06. The number of hydrogen-bond donors (Lipinski definition) is 0. The summed E-state index contributed by atoms with van der Waals surface area (Å²) < 4.78 is 0. The second-order valence-corrected chi connectivity index (χ2v) is 1.07. The largest absolute Gasteiger partial charge is 0.419 e. The molecule has 0 heterocycles. The summed E-state index contributed by atoms with van der Waals surface area (Å²) in [5, 5.41) is 0. The molecule has 0 saturated carbocycles. The molecule has 0 aliphatic carbocycles. The van der Waals surface area contributed by atoms with Gasteiger partial charge in [0.05, 0.1) is 0 Å². The first-order valence-electron chi connectivity index (χ1n) is 1.82. The maximum Gasteiger partial charge on any atom is 0 e. The third-order valence-electron chi connectivity index (χ3n) is 0.594. The molecule has 0 N–H and O–H groups in total. The van der Waals surface area contributed by atoms with E-state index in [1.165, 1.54) is 0 Å². The van der Waals surface area contributed by atoms with Gasteiger partial charge in [-0.25, -0.2) is 6.08 Å². The van der Waals surface area contributed by atoms with Gasteiger partial charge in [0, 0.05) is 17.1 Å². The molecule has 0 atom stereocenters. The first-order valence-corrected chi connectivity index (χ1v) is 1.82. The second kappa shape index (κ2) is 5.93. The zero-order valence-electron chi connectivity index (χ0n) is 4.34. The van der Waals surface area contributed by atoms with Crippen LogP contribution in [0.3, 0.4) is 0 Å². The second-order valence-electron chi connectivity index (χ2n) is 1.07. The number of hydrogen-bond acceptors (Lipinski definition) is 1. The Hall–Kier alpha value is -0.0705. The molecule has 0 aromatic carbocycles. The van der Waals surface area contributed by atoms with Gasteiger partial charge in [-0.3, -0.25) is 0 Å². The van der Waals surface area contributed by atoms with E-state index in [0.717, 1.165) is 0 Å². The maximum atomic E-state index is 9.54. The van der Waals surface area contributed by atoms with Gasteiger partial charge in [0.15, 0.2) is 0 Å². The summed E-state index contributed by atoms with van der Waals surface area (Å²) in [6.07, 6.45) is 3.44. The Balaban J connectivity index is 0. The van der Waals surface area contributed by atoms with Crippen LogP contribution in [0, 0.1) is 0 Å². The molecular weight excluding hydrogens is 132 g/mol. The van der Waals surface area contributed by atoms with Crippen molar-refractivity contribution in [1.29, 1.82) is 0 Å². The number of rotatable bonds is 1. The van der Waals surface area contributed by atoms with Crippen LogP contribution in [0.1, 0.15) is 13.8 Å². The molecule has 0 radical (unpaired) electrons. The molecule has 0 aromatic heterocycles. The molecular formula is C5H7FeO-. The average Bonchev–Trinajstić information content (AvgIpc) is 1.65. The van der Waals surface area contributed by atoms with Gasteiger partial charge in [-0.15, -0.1) is 6.92 Å². The molecule has 42 valence electrons. The fraction of sp³-hybridized carbons (Fsp3) is 0.400. The van der Waals surface area contributed by atoms with Gasteiger partial charge in [-0.2, -0.15) is 5.57 Å². The van der Waals surface area contributed by atoms with Crippen molar-refractivity contribution < 1.29 is 21.9 Å². The van der Waals surface area contributed by atoms with Crippen molar-refractivity contribution >= 4 is 6.29 Å². The molecule has 0 aromatic rings. The van der Waals surface area contributed by atoms with Crippen LogP contribution in [0.2, 0.25) is 0 Å². The Kier molecular flexibility index (Phi) is 8.49. The molecule has 0 aliphatic heterocycles. The van der Waals surface area contributed by atoms with Gasteiger partial charge in [-0.05, 0) is 6.29 Å². The van der Waals surface area contributed by atoms with E-state index in [-0.39, 0.29) is 17.1 Å². The smallest absolute Gasteiger partial charge is 0 e. The molecule has 0 unspecified atom stereocenters. The maximum absolute atomic E-state index is 9.54. The Morgan fingerprint density at radius 3 is 2.14 bits per heavy atom. The minimum absolute atomic E-state index is 0. The van der Waals surface area contributed by atoms with Crippen molar-refractivity contribution in [3.8, 4) is 0 Å². The Morgan fingerprint density at radius 2 is 2.14 bits per heavy atom. The molecule has 1 nitrogen and oxygen atoms in total. The van der Waals surface area contributed by atoms with Crippen LogP contribution >= 0.6 is 0 Å². The average molecular weight is 139 g/mol. The van der Waals surface area contributed by atoms with E-state index in [4.69, 9.17) is 0 Å². The van der Waals surface area contributed by atoms with Crippen molar-refractivity contribution in [2.45, 2.75) is 13.8 Å². The van der Waals surface area contributed by atoms with Crippen molar-refractivity contribution in [2.24, 2.45) is 0 Å². The van der Waals surface area contributed by atoms with Crippen LogP contribution in [0.25, 0.3) is 0 Å². The third kappa shape index (κ3) is 5.93. The topological polar surface area (TPSA) is 17.1 Å². The van der Waals surface area contributed by atoms with Crippen molar-refractivity contribution in [3.05, 3.63) is 11.6 Å². The van der Waals surface area contributed by atoms with Gasteiger partial charge in [0.1, 0.15) is 0 Å². The SMILES string of the molecule is CC=C(C)[C-]=O.[Fe]. The molecule has 0 rings (SSSR count). The van der Waals surface area contributed by atoms with Crippen LogP contribution in [0.15, 0.2) is 11.6 Å². The zero-order chi connectivity index (χ0) is 4.99. The van der Waals surface area contributed by atoms with Gasteiger partial charge >= 0.3 is 0 Å². The fourth-order valence-corrected chi connectivity index (χ4v) is 0.0589. The van der Waals surface area contributed by atoms with E-state index < -0.39 is 0 Å². The number of carbonyl (C=O) groups excluding carboxylic acids is 1. The molecule has 7 heavy (non-hydrogen) atoms. The van der Waals surface area contributed by atoms with Gasteiger partial charge < -0.3 is 4.79 Å². The molecule has 0 spiro atoms. The van der Waals surface area contributed by atoms with Crippen molar-refractivity contribution in [1.82, 2.24) is 0 Å². The summed E-state index contributed by atoms with van der Waals surface area (Å²) in [6, 6.07) is 0. The van der Waals surface area contributed by atoms with E-state index >= 15 is 0 Å². The molecule has 0 amide bonds. The fourth-order valence-electron chi connectivity index (χ4n) is 0.0589. The monoisotopic (exact) mass is 139 g/mol. The van der Waals surface area contributed by atoms with Crippen molar-refractivity contribution in [3.63, 3.8) is 0 Å². The summed E-state index contributed by atoms with van der Waals surface area (Å²) in [5.74, 6) is 0. The predicted molar refractivity (Wildman–Crippen MR) is 25.1 cm³/mol. The normalized spacial score (nSPS) is 9.71. The molecule has 2 heteroatoms. The van der Waals surface area contributed by atoms with E-state index in [1.807, 2.05) is 0 Å². The third-order valence-corrected chi connectivity index (χ3v) is 0.594. The summed E-state index contributed by atoms with van der Waals surface area (Å²) in [6.45, 7) is 3.52. The Morgan fingerprint density at radius 1 is 1.71 bits per heavy atom. The van der Waals surface area contributed by atoms with Crippen LogP contribution in [-0.2, 0) is 21.9 Å². The summed E-state index contributed by atoms with van der Waals surface area (Å²) >= 11 is 0. The van der Waals surface area contributed by atoms with Gasteiger partial charge in [-0.1, -0.05) is 6.92 Å². The summed E-state index contributed by atoms with van der Waals surface area (Å²) in [4.78, 5) is 9.54. The number of allylic oxidation sites excluding steroid dienone is 2. The first-order chi connectivity index (χ1) is 2.81. The van der Waals surface area contributed by atoms with E-state index in [9.17, 15) is 4.79 Å². The molecule has 0 saturated heterocycles. The molecule has 0 fully saturated rings. The van der Waals surface area contributed by atoms with E-state index in [0.29, 0.717) is 5.57 Å². The Bertz CT molecular complexity index is 76.1. The minimum atomic E-state index is 0. The standard InChI is InChI=1S/C5H7O.Fe/c1-3-5(2)4-6;/h3H,1-2H3;/q-1;. The molecule has 0 aliphatic rings. The van der Waals surface area contributed by atoms with E-state index in [1.54, 1.807) is 26.2 Å². The van der Waals surface area contributed by atoms with Crippen LogP contribution < -0.4 is 0 Å². The van der Waals surface area contributed by atoms with Gasteiger partial charge in [0.2, 0.25) is 0 Å². The van der Waals surface area contributed by atoms with E-state index in [2.05, 4.69) is 0 Å². The van der Waals surface area contributed by atoms with Crippen LogP contribution in [0.4, 0.5) is 0 Å². The Labute approximate surface area is 54.3 Å². The zero-order valence-corrected chi connectivity index (χ0v) is 5.44. The summed E-state index contributed by atoms with van der Waals surface area (Å²) in [5.41, 5.74) is 0.662. The first kappa shape index (κ1) is 10.0.